The molecule has 0 bridgehead atoms. The van der Waals surface area contributed by atoms with Crippen molar-refractivity contribution in [1.29, 1.82) is 0 Å². The smallest absolute Gasteiger partial charge is 0.329 e. The lowest BCUT2D eigenvalue weighted by Crippen LogP contribution is -3.00. The van der Waals surface area contributed by atoms with Crippen LogP contribution in [0.1, 0.15) is 22.3 Å². The Labute approximate surface area is 300 Å². The van der Waals surface area contributed by atoms with Gasteiger partial charge in [-0.3, -0.25) is 9.13 Å². The summed E-state index contributed by atoms with van der Waals surface area (Å²) in [4.78, 5) is 36.8. The van der Waals surface area contributed by atoms with E-state index in [0.717, 1.165) is 44.2 Å². The molecule has 8 nitrogen and oxygen atoms in total. The van der Waals surface area contributed by atoms with Gasteiger partial charge in [-0.1, -0.05) is 84.9 Å². The third-order valence-corrected chi connectivity index (χ3v) is 9.44. The molecule has 2 aromatic heterocycles. The lowest BCUT2D eigenvalue weighted by Gasteiger charge is -2.12. The molecular formula is C36H34Br2N2O6P2. The number of pyridine rings is 2. The van der Waals surface area contributed by atoms with Gasteiger partial charge in [0.1, 0.15) is 0 Å². The van der Waals surface area contributed by atoms with Crippen molar-refractivity contribution in [3.63, 3.8) is 0 Å². The van der Waals surface area contributed by atoms with E-state index in [1.807, 2.05) is 49.1 Å². The van der Waals surface area contributed by atoms with Crippen molar-refractivity contribution in [2.24, 2.45) is 0 Å². The fraction of sp³-hybridized carbons (Fsp3) is 0.111. The highest BCUT2D eigenvalue weighted by Crippen LogP contribution is 2.40. The standard InChI is InChI=1S/C36H32N2O6P2.2BrH/c39-45(40,41)25-29-9-5-27(6-10-29)23-37-19-15-31(16-20-37)33-13-14-34(36-4-2-1-3-35(33)36)32-17-21-38(22-18-32)24-28-7-11-30(12-8-28)26-46(42,43)44;;/h1-22H,23-26H2,(H2-2,39,40,41,42,43,44);2*1H. The first-order valence-corrected chi connectivity index (χ1v) is 18.3. The molecule has 248 valence electrons. The van der Waals surface area contributed by atoms with Crippen LogP contribution in [0.4, 0.5) is 0 Å². The van der Waals surface area contributed by atoms with Crippen LogP contribution in [0.2, 0.25) is 0 Å². The van der Waals surface area contributed by atoms with Crippen LogP contribution in [0, 0.1) is 0 Å². The number of rotatable bonds is 10. The zero-order valence-corrected chi connectivity index (χ0v) is 30.6. The fourth-order valence-corrected chi connectivity index (χ4v) is 7.06. The monoisotopic (exact) mass is 810 g/mol. The lowest BCUT2D eigenvalue weighted by atomic mass is 9.93. The van der Waals surface area contributed by atoms with E-state index in [4.69, 9.17) is 0 Å². The van der Waals surface area contributed by atoms with Crippen molar-refractivity contribution in [2.45, 2.75) is 25.4 Å². The van der Waals surface area contributed by atoms with Gasteiger partial charge in [0.05, 0.1) is 12.3 Å². The summed E-state index contributed by atoms with van der Waals surface area (Å²) in [6, 6.07) is 35.8. The normalized spacial score (nSPS) is 11.5. The van der Waals surface area contributed by atoms with Crippen molar-refractivity contribution in [3.8, 4) is 22.3 Å². The van der Waals surface area contributed by atoms with Gasteiger partial charge in [0, 0.05) is 35.4 Å². The minimum absolute atomic E-state index is 0. The molecule has 0 aliphatic rings. The maximum atomic E-state index is 11.3. The van der Waals surface area contributed by atoms with Gasteiger partial charge >= 0.3 is 15.2 Å². The summed E-state index contributed by atoms with van der Waals surface area (Å²) in [6.07, 6.45) is 7.67. The highest BCUT2D eigenvalue weighted by atomic mass is 79.9. The van der Waals surface area contributed by atoms with Crippen LogP contribution in [-0.4, -0.2) is 19.6 Å². The van der Waals surface area contributed by atoms with Crippen LogP contribution in [0.5, 0.6) is 0 Å². The Morgan fingerprint density at radius 2 is 0.750 bits per heavy atom. The molecule has 0 aliphatic carbocycles. The maximum Gasteiger partial charge on any atom is 0.329 e. The van der Waals surface area contributed by atoms with Gasteiger partial charge in [-0.15, -0.1) is 0 Å². The first-order valence-electron chi connectivity index (χ1n) is 14.7. The van der Waals surface area contributed by atoms with Crippen LogP contribution in [0.15, 0.2) is 134 Å². The zero-order chi connectivity index (χ0) is 32.3. The van der Waals surface area contributed by atoms with Crippen LogP contribution in [0.3, 0.4) is 0 Å². The Bertz CT molecular complexity index is 1930. The zero-order valence-electron chi connectivity index (χ0n) is 25.7. The molecule has 12 heteroatoms. The molecule has 2 heterocycles. The second-order valence-electron chi connectivity index (χ2n) is 11.5. The minimum atomic E-state index is -4.09. The maximum absolute atomic E-state index is 11.3. The van der Waals surface area contributed by atoms with Crippen molar-refractivity contribution < 1.29 is 71.8 Å². The molecule has 0 aliphatic heterocycles. The van der Waals surface area contributed by atoms with E-state index in [-0.39, 0.29) is 46.3 Å². The van der Waals surface area contributed by atoms with E-state index in [2.05, 4.69) is 69.8 Å². The van der Waals surface area contributed by atoms with E-state index in [0.29, 0.717) is 24.2 Å². The summed E-state index contributed by atoms with van der Waals surface area (Å²) in [7, 11) is -8.17. The summed E-state index contributed by atoms with van der Waals surface area (Å²) in [6.45, 7) is 1.29. The van der Waals surface area contributed by atoms with Crippen molar-refractivity contribution >= 4 is 26.0 Å². The summed E-state index contributed by atoms with van der Waals surface area (Å²) in [5.41, 5.74) is 7.82. The molecule has 0 spiro atoms. The first kappa shape index (κ1) is 37.5. The number of nitrogens with zero attached hydrogens (tertiary/aromatic N) is 2. The molecular weight excluding hydrogens is 778 g/mol. The Kier molecular flexibility index (Phi) is 12.5. The van der Waals surface area contributed by atoms with Gasteiger partial charge in [0.15, 0.2) is 37.9 Å². The number of hydrogen-bond donors (Lipinski definition) is 4. The molecule has 0 saturated carbocycles. The first-order chi connectivity index (χ1) is 22.0. The van der Waals surface area contributed by atoms with Gasteiger partial charge < -0.3 is 53.5 Å². The average molecular weight is 812 g/mol. The number of aromatic nitrogens is 2. The molecule has 0 fully saturated rings. The van der Waals surface area contributed by atoms with Gasteiger partial charge in [0.25, 0.3) is 0 Å². The topological polar surface area (TPSA) is 123 Å². The van der Waals surface area contributed by atoms with E-state index >= 15 is 0 Å². The van der Waals surface area contributed by atoms with Crippen LogP contribution < -0.4 is 43.1 Å². The van der Waals surface area contributed by atoms with Gasteiger partial charge in [-0.05, 0) is 44.2 Å². The average Bonchev–Trinajstić information content (AvgIpc) is 3.02. The molecule has 0 saturated heterocycles. The van der Waals surface area contributed by atoms with Crippen molar-refractivity contribution in [2.75, 3.05) is 0 Å². The summed E-state index contributed by atoms with van der Waals surface area (Å²) in [5.74, 6) is 0. The fourth-order valence-electron chi connectivity index (χ4n) is 5.68. The largest absolute Gasteiger partial charge is 1.00 e. The Morgan fingerprint density at radius 1 is 0.438 bits per heavy atom. The molecule has 0 amide bonds. The van der Waals surface area contributed by atoms with Crippen molar-refractivity contribution in [1.82, 2.24) is 0 Å². The number of hydrogen-bond acceptors (Lipinski definition) is 2. The summed E-state index contributed by atoms with van der Waals surface area (Å²) in [5, 5.41) is 2.32. The molecule has 6 rings (SSSR count). The molecule has 6 aromatic rings. The highest BCUT2D eigenvalue weighted by molar-refractivity contribution is 7.51. The van der Waals surface area contributed by atoms with Crippen LogP contribution >= 0.6 is 15.2 Å². The Balaban J connectivity index is 0.00000260. The van der Waals surface area contributed by atoms with Gasteiger partial charge in [-0.2, -0.15) is 0 Å². The minimum Gasteiger partial charge on any atom is -1.00 e. The molecule has 0 unspecified atom stereocenters. The summed E-state index contributed by atoms with van der Waals surface area (Å²) < 4.78 is 26.7. The SMILES string of the molecule is O=P(O)(O)Cc1ccc(C[n+]2ccc(-c3ccc(-c4cc[n+](Cc5ccc(CP(=O)(O)O)cc5)cc4)c4ccccc34)cc2)cc1.[Br-].[Br-]. The molecule has 4 aromatic carbocycles. The number of benzene rings is 4. The predicted molar refractivity (Wildman–Crippen MR) is 178 cm³/mol. The summed E-state index contributed by atoms with van der Waals surface area (Å²) >= 11 is 0. The Hall–Kier alpha value is -3.30. The second kappa shape index (κ2) is 15.9. The number of fused-ring (bicyclic) bond motifs is 1. The third kappa shape index (κ3) is 9.88. The van der Waals surface area contributed by atoms with Gasteiger partial charge in [0.2, 0.25) is 0 Å². The second-order valence-corrected chi connectivity index (χ2v) is 14.8. The van der Waals surface area contributed by atoms with Crippen LogP contribution in [-0.2, 0) is 34.5 Å². The molecule has 4 N–H and O–H groups in total. The van der Waals surface area contributed by atoms with Gasteiger partial charge in [-0.25, -0.2) is 9.13 Å². The van der Waals surface area contributed by atoms with E-state index in [1.54, 1.807) is 24.3 Å². The lowest BCUT2D eigenvalue weighted by molar-refractivity contribution is -0.688. The van der Waals surface area contributed by atoms with E-state index < -0.39 is 15.2 Å². The quantitative estimate of drug-likeness (QED) is 0.116. The molecule has 0 radical (unpaired) electrons. The highest BCUT2D eigenvalue weighted by Gasteiger charge is 2.16. The third-order valence-electron chi connectivity index (χ3n) is 7.88. The number of halogens is 2. The van der Waals surface area contributed by atoms with E-state index in [9.17, 15) is 28.7 Å². The predicted octanol–water partition coefficient (Wildman–Crippen LogP) is 0.209. The van der Waals surface area contributed by atoms with E-state index in [1.165, 1.54) is 0 Å². The van der Waals surface area contributed by atoms with Crippen molar-refractivity contribution in [3.05, 3.63) is 156 Å². The molecule has 48 heavy (non-hydrogen) atoms. The Morgan fingerprint density at radius 3 is 1.06 bits per heavy atom. The van der Waals surface area contributed by atoms with Crippen LogP contribution in [0.25, 0.3) is 33.0 Å². The molecule has 0 atom stereocenters.